The standard InChI is InChI=1S/C13H12F3N3O3/c1-21-12(20)7-6-17-19-10(13(14,15)16)5-8(18-11(7)19)9-3-2-4-22-9/h2-4,6,8,10,18H,5H2,1H3. The lowest BCUT2D eigenvalue weighted by Gasteiger charge is -2.32. The van der Waals surface area contributed by atoms with Crippen molar-refractivity contribution >= 4 is 11.8 Å². The molecule has 0 radical (unpaired) electrons. The van der Waals surface area contributed by atoms with Gasteiger partial charge in [-0.1, -0.05) is 0 Å². The van der Waals surface area contributed by atoms with Gasteiger partial charge < -0.3 is 14.5 Å². The van der Waals surface area contributed by atoms with Crippen molar-refractivity contribution in [3.8, 4) is 0 Å². The predicted molar refractivity (Wildman–Crippen MR) is 68.3 cm³/mol. The van der Waals surface area contributed by atoms with E-state index in [0.717, 1.165) is 18.0 Å². The summed E-state index contributed by atoms with van der Waals surface area (Å²) in [5.41, 5.74) is -0.0481. The molecule has 1 aliphatic heterocycles. The van der Waals surface area contributed by atoms with E-state index in [9.17, 15) is 18.0 Å². The summed E-state index contributed by atoms with van der Waals surface area (Å²) in [4.78, 5) is 11.7. The van der Waals surface area contributed by atoms with Gasteiger partial charge in [-0.2, -0.15) is 18.3 Å². The van der Waals surface area contributed by atoms with Gasteiger partial charge in [-0.05, 0) is 12.1 Å². The van der Waals surface area contributed by atoms with E-state index in [2.05, 4.69) is 15.2 Å². The smallest absolute Gasteiger partial charge is 0.410 e. The van der Waals surface area contributed by atoms with Gasteiger partial charge in [-0.3, -0.25) is 0 Å². The summed E-state index contributed by atoms with van der Waals surface area (Å²) >= 11 is 0. The summed E-state index contributed by atoms with van der Waals surface area (Å²) in [6.45, 7) is 0. The van der Waals surface area contributed by atoms with Gasteiger partial charge in [0.25, 0.3) is 0 Å². The number of furan rings is 1. The fraction of sp³-hybridized carbons (Fsp3) is 0.385. The maximum atomic E-state index is 13.3. The number of nitrogens with one attached hydrogen (secondary N) is 1. The molecular formula is C13H12F3N3O3. The Morgan fingerprint density at radius 3 is 2.91 bits per heavy atom. The van der Waals surface area contributed by atoms with Crippen molar-refractivity contribution < 1.29 is 27.1 Å². The van der Waals surface area contributed by atoms with E-state index < -0.39 is 24.2 Å². The quantitative estimate of drug-likeness (QED) is 0.863. The molecule has 3 heterocycles. The molecule has 3 rings (SSSR count). The van der Waals surface area contributed by atoms with Crippen LogP contribution in [0.1, 0.15) is 34.6 Å². The second-order valence-electron chi connectivity index (χ2n) is 4.85. The van der Waals surface area contributed by atoms with Crippen LogP contribution in [0.2, 0.25) is 0 Å². The molecule has 9 heteroatoms. The Bertz CT molecular complexity index is 679. The number of hydrogen-bond acceptors (Lipinski definition) is 5. The molecule has 2 aromatic heterocycles. The zero-order valence-electron chi connectivity index (χ0n) is 11.4. The van der Waals surface area contributed by atoms with Gasteiger partial charge in [0.15, 0.2) is 6.04 Å². The summed E-state index contributed by atoms with van der Waals surface area (Å²) in [5.74, 6) is -0.422. The highest BCUT2D eigenvalue weighted by Gasteiger charge is 2.47. The minimum Gasteiger partial charge on any atom is -0.467 e. The first-order valence-corrected chi connectivity index (χ1v) is 6.44. The topological polar surface area (TPSA) is 69.3 Å². The molecule has 0 amide bonds. The highest BCUT2D eigenvalue weighted by Crippen LogP contribution is 2.44. The number of fused-ring (bicyclic) bond motifs is 1. The lowest BCUT2D eigenvalue weighted by molar-refractivity contribution is -0.174. The van der Waals surface area contributed by atoms with Gasteiger partial charge in [-0.15, -0.1) is 0 Å². The Morgan fingerprint density at radius 2 is 2.32 bits per heavy atom. The number of methoxy groups -OCH3 is 1. The van der Waals surface area contributed by atoms with Crippen LogP contribution in [-0.4, -0.2) is 29.0 Å². The zero-order valence-corrected chi connectivity index (χ0v) is 11.4. The third kappa shape index (κ3) is 2.32. The monoisotopic (exact) mass is 315 g/mol. The Kier molecular flexibility index (Phi) is 3.34. The first kappa shape index (κ1) is 14.5. The fourth-order valence-electron chi connectivity index (χ4n) is 2.50. The number of aromatic nitrogens is 2. The lowest BCUT2D eigenvalue weighted by atomic mass is 10.0. The second kappa shape index (κ2) is 5.08. The molecule has 2 atom stereocenters. The molecule has 0 aromatic carbocycles. The second-order valence-corrected chi connectivity index (χ2v) is 4.85. The van der Waals surface area contributed by atoms with E-state index >= 15 is 0 Å². The number of esters is 1. The molecule has 1 aliphatic rings. The summed E-state index contributed by atoms with van der Waals surface area (Å²) in [5, 5.41) is 6.56. The number of anilines is 1. The van der Waals surface area contributed by atoms with Gasteiger partial charge in [0.2, 0.25) is 0 Å². The summed E-state index contributed by atoms with van der Waals surface area (Å²) in [6, 6.07) is 0.605. The van der Waals surface area contributed by atoms with Crippen molar-refractivity contribution in [3.63, 3.8) is 0 Å². The van der Waals surface area contributed by atoms with Crippen LogP contribution in [0.25, 0.3) is 0 Å². The van der Waals surface area contributed by atoms with Crippen LogP contribution in [0.4, 0.5) is 19.0 Å². The predicted octanol–water partition coefficient (Wildman–Crippen LogP) is 2.92. The minimum absolute atomic E-state index is 0.0261. The van der Waals surface area contributed by atoms with Crippen LogP contribution < -0.4 is 5.32 Å². The number of rotatable bonds is 2. The lowest BCUT2D eigenvalue weighted by Crippen LogP contribution is -2.36. The van der Waals surface area contributed by atoms with Crippen LogP contribution in [0.15, 0.2) is 29.0 Å². The average molecular weight is 315 g/mol. The number of alkyl halides is 3. The molecular weight excluding hydrogens is 303 g/mol. The van der Waals surface area contributed by atoms with Crippen molar-refractivity contribution in [2.24, 2.45) is 0 Å². The summed E-state index contributed by atoms with van der Waals surface area (Å²) in [7, 11) is 1.15. The first-order chi connectivity index (χ1) is 10.4. The third-order valence-corrected chi connectivity index (χ3v) is 3.53. The number of carbonyl (C=O) groups excluding carboxylic acids is 1. The average Bonchev–Trinajstić information content (AvgIpc) is 3.13. The number of carbonyl (C=O) groups is 1. The molecule has 2 unspecified atom stereocenters. The van der Waals surface area contributed by atoms with E-state index in [4.69, 9.17) is 4.42 Å². The molecule has 6 nitrogen and oxygen atoms in total. The molecule has 118 valence electrons. The van der Waals surface area contributed by atoms with E-state index in [1.165, 1.54) is 6.26 Å². The molecule has 2 aromatic rings. The van der Waals surface area contributed by atoms with Crippen molar-refractivity contribution in [1.29, 1.82) is 0 Å². The fourth-order valence-corrected chi connectivity index (χ4v) is 2.50. The van der Waals surface area contributed by atoms with E-state index in [1.807, 2.05) is 0 Å². The number of nitrogens with zero attached hydrogens (tertiary/aromatic N) is 2. The number of ether oxygens (including phenoxy) is 1. The van der Waals surface area contributed by atoms with Crippen LogP contribution in [-0.2, 0) is 4.74 Å². The van der Waals surface area contributed by atoms with E-state index in [0.29, 0.717) is 5.76 Å². The molecule has 0 saturated heterocycles. The number of hydrogen-bond donors (Lipinski definition) is 1. The molecule has 1 N–H and O–H groups in total. The molecule has 0 aliphatic carbocycles. The highest BCUT2D eigenvalue weighted by atomic mass is 19.4. The van der Waals surface area contributed by atoms with Crippen LogP contribution in [0, 0.1) is 0 Å². The van der Waals surface area contributed by atoms with Crippen LogP contribution in [0.5, 0.6) is 0 Å². The number of halogens is 3. The molecule has 0 saturated carbocycles. The summed E-state index contributed by atoms with van der Waals surface area (Å²) < 4.78 is 50.4. The van der Waals surface area contributed by atoms with Gasteiger partial charge in [-0.25, -0.2) is 9.48 Å². The highest BCUT2D eigenvalue weighted by molar-refractivity contribution is 5.94. The normalized spacial score (nSPS) is 21.1. The van der Waals surface area contributed by atoms with Crippen molar-refractivity contribution in [1.82, 2.24) is 9.78 Å². The van der Waals surface area contributed by atoms with Gasteiger partial charge in [0.05, 0.1) is 25.6 Å². The Labute approximate surface area is 122 Å². The summed E-state index contributed by atoms with van der Waals surface area (Å²) in [6.07, 6.45) is -2.34. The van der Waals surface area contributed by atoms with Crippen molar-refractivity contribution in [3.05, 3.63) is 35.9 Å². The van der Waals surface area contributed by atoms with Crippen molar-refractivity contribution in [2.45, 2.75) is 24.7 Å². The Morgan fingerprint density at radius 1 is 1.55 bits per heavy atom. The van der Waals surface area contributed by atoms with Gasteiger partial charge >= 0.3 is 12.1 Å². The third-order valence-electron chi connectivity index (χ3n) is 3.53. The van der Waals surface area contributed by atoms with Crippen LogP contribution >= 0.6 is 0 Å². The van der Waals surface area contributed by atoms with Crippen molar-refractivity contribution in [2.75, 3.05) is 12.4 Å². The van der Waals surface area contributed by atoms with Crippen LogP contribution in [0.3, 0.4) is 0 Å². The molecule has 0 fully saturated rings. The Balaban J connectivity index is 2.06. The molecule has 22 heavy (non-hydrogen) atoms. The maximum Gasteiger partial charge on any atom is 0.410 e. The van der Waals surface area contributed by atoms with E-state index in [-0.39, 0.29) is 17.8 Å². The van der Waals surface area contributed by atoms with Gasteiger partial charge in [0.1, 0.15) is 17.1 Å². The molecule has 0 bridgehead atoms. The van der Waals surface area contributed by atoms with E-state index in [1.54, 1.807) is 12.1 Å². The zero-order chi connectivity index (χ0) is 15.9. The molecule has 0 spiro atoms. The SMILES string of the molecule is COC(=O)c1cnn2c1NC(c1ccco1)CC2C(F)(F)F. The Hall–Kier alpha value is -2.45. The maximum absolute atomic E-state index is 13.3. The van der Waals surface area contributed by atoms with Gasteiger partial charge in [0, 0.05) is 6.42 Å². The minimum atomic E-state index is -4.50. The largest absolute Gasteiger partial charge is 0.467 e. The first-order valence-electron chi connectivity index (χ1n) is 6.44.